The summed E-state index contributed by atoms with van der Waals surface area (Å²) in [6, 6.07) is 24.4. The molecule has 150 valence electrons. The smallest absolute Gasteiger partial charge is 0.249 e. The summed E-state index contributed by atoms with van der Waals surface area (Å²) in [7, 11) is 2.08. The molecule has 0 aromatic heterocycles. The van der Waals surface area contributed by atoms with Crippen LogP contribution in [0.25, 0.3) is 0 Å². The van der Waals surface area contributed by atoms with Crippen LogP contribution in [0.2, 0.25) is 0 Å². The van der Waals surface area contributed by atoms with Crippen molar-refractivity contribution in [3.63, 3.8) is 0 Å². The zero-order chi connectivity index (χ0) is 20.2. The number of benzene rings is 3. The molecule has 1 aliphatic heterocycles. The number of aryl methyl sites for hydroxylation is 2. The summed E-state index contributed by atoms with van der Waals surface area (Å²) in [5.41, 5.74) is 6.46. The van der Waals surface area contributed by atoms with Gasteiger partial charge in [-0.05, 0) is 31.5 Å². The van der Waals surface area contributed by atoms with E-state index in [0.29, 0.717) is 0 Å². The average molecular weight is 391 g/mol. The molecule has 29 heavy (non-hydrogen) atoms. The van der Waals surface area contributed by atoms with E-state index < -0.39 is 12.6 Å². The van der Waals surface area contributed by atoms with Gasteiger partial charge in [0.25, 0.3) is 0 Å². The van der Waals surface area contributed by atoms with Gasteiger partial charge in [0.1, 0.15) is 0 Å². The van der Waals surface area contributed by atoms with Gasteiger partial charge in [-0.15, -0.1) is 0 Å². The van der Waals surface area contributed by atoms with Crippen molar-refractivity contribution in [1.82, 2.24) is 0 Å². The van der Waals surface area contributed by atoms with Crippen LogP contribution < -0.4 is 4.90 Å². The normalized spacial score (nSPS) is 19.1. The molecule has 0 radical (unpaired) electrons. The van der Waals surface area contributed by atoms with Gasteiger partial charge in [0, 0.05) is 30.4 Å². The van der Waals surface area contributed by atoms with E-state index in [0.717, 1.165) is 23.2 Å². The summed E-state index contributed by atoms with van der Waals surface area (Å²) in [6.45, 7) is 4.92. The third-order valence-electron chi connectivity index (χ3n) is 4.96. The Morgan fingerprint density at radius 3 is 1.52 bits per heavy atom. The Kier molecular flexibility index (Phi) is 5.92. The van der Waals surface area contributed by atoms with Crippen molar-refractivity contribution in [1.29, 1.82) is 0 Å². The van der Waals surface area contributed by atoms with Crippen LogP contribution in [0, 0.1) is 13.8 Å². The molecule has 3 aromatic carbocycles. The fourth-order valence-electron chi connectivity index (χ4n) is 3.12. The average Bonchev–Trinajstić information content (AvgIpc) is 2.75. The molecule has 0 amide bonds. The van der Waals surface area contributed by atoms with Crippen LogP contribution in [0.4, 0.5) is 5.69 Å². The van der Waals surface area contributed by atoms with Crippen LogP contribution in [0.3, 0.4) is 0 Å². The number of hydrogen-bond acceptors (Lipinski definition) is 5. The van der Waals surface area contributed by atoms with Crippen molar-refractivity contribution < 1.29 is 19.6 Å². The Labute approximate surface area is 171 Å². The van der Waals surface area contributed by atoms with Gasteiger partial charge in [-0.3, -0.25) is 0 Å². The van der Waals surface area contributed by atoms with Gasteiger partial charge < -0.3 is 4.90 Å². The molecule has 1 saturated heterocycles. The first kappa shape index (κ1) is 19.6. The molecule has 0 aliphatic carbocycles. The van der Waals surface area contributed by atoms with E-state index in [9.17, 15) is 0 Å². The van der Waals surface area contributed by atoms with Gasteiger partial charge in [0.15, 0.2) is 0 Å². The van der Waals surface area contributed by atoms with Gasteiger partial charge in [0.2, 0.25) is 12.6 Å². The van der Waals surface area contributed by atoms with Crippen molar-refractivity contribution in [3.8, 4) is 0 Å². The van der Waals surface area contributed by atoms with Gasteiger partial charge in [-0.25, -0.2) is 0 Å². The second-order valence-electron chi connectivity index (χ2n) is 7.39. The maximum atomic E-state index is 5.41. The predicted molar refractivity (Wildman–Crippen MR) is 111 cm³/mol. The summed E-state index contributed by atoms with van der Waals surface area (Å²) in [4.78, 5) is 23.8. The van der Waals surface area contributed by atoms with Gasteiger partial charge in [-0.1, -0.05) is 71.8 Å². The summed E-state index contributed by atoms with van der Waals surface area (Å²) in [6.07, 6.45) is -1.42. The van der Waals surface area contributed by atoms with E-state index in [1.807, 2.05) is 43.3 Å². The highest BCUT2D eigenvalue weighted by Gasteiger charge is 2.28. The van der Waals surface area contributed by atoms with E-state index in [1.165, 1.54) is 16.8 Å². The van der Waals surface area contributed by atoms with E-state index in [-0.39, 0.29) is 0 Å². The highest BCUT2D eigenvalue weighted by molar-refractivity contribution is 5.47. The quantitative estimate of drug-likeness (QED) is 0.534. The second-order valence-corrected chi connectivity index (χ2v) is 7.39. The standard InChI is InChI=1S/C24H25NO4/c1-17-4-10-20(11-5-17)23-26-28-24(29-27-23)21-12-8-19(9-13-21)16-25(3)22-14-6-18(2)7-15-22/h4-15,23-24H,16H2,1-3H3. The van der Waals surface area contributed by atoms with Crippen LogP contribution in [0.5, 0.6) is 0 Å². The Balaban J connectivity index is 1.33. The zero-order valence-electron chi connectivity index (χ0n) is 16.9. The maximum absolute atomic E-state index is 5.41. The summed E-state index contributed by atoms with van der Waals surface area (Å²) < 4.78 is 0. The maximum Gasteiger partial charge on any atom is 0.249 e. The summed E-state index contributed by atoms with van der Waals surface area (Å²) in [5, 5.41) is 0. The van der Waals surface area contributed by atoms with Gasteiger partial charge >= 0.3 is 0 Å². The van der Waals surface area contributed by atoms with E-state index in [4.69, 9.17) is 19.6 Å². The first-order valence-corrected chi connectivity index (χ1v) is 9.66. The van der Waals surface area contributed by atoms with E-state index in [1.54, 1.807) is 0 Å². The Morgan fingerprint density at radius 2 is 1.03 bits per heavy atom. The van der Waals surface area contributed by atoms with E-state index >= 15 is 0 Å². The van der Waals surface area contributed by atoms with Crippen LogP contribution in [-0.2, 0) is 26.1 Å². The lowest BCUT2D eigenvalue weighted by molar-refractivity contribution is -0.600. The largest absolute Gasteiger partial charge is 0.370 e. The molecule has 1 aliphatic rings. The Bertz CT molecular complexity index is 915. The van der Waals surface area contributed by atoms with Crippen molar-refractivity contribution in [2.45, 2.75) is 33.0 Å². The first-order chi connectivity index (χ1) is 14.1. The second kappa shape index (κ2) is 8.76. The molecule has 0 bridgehead atoms. The minimum Gasteiger partial charge on any atom is -0.370 e. The third-order valence-corrected chi connectivity index (χ3v) is 4.96. The van der Waals surface area contributed by atoms with Crippen LogP contribution in [-0.4, -0.2) is 7.05 Å². The molecule has 3 aromatic rings. The van der Waals surface area contributed by atoms with Gasteiger partial charge in [-0.2, -0.15) is 19.6 Å². The number of anilines is 1. The number of nitrogens with zero attached hydrogens (tertiary/aromatic N) is 1. The number of hydrogen-bond donors (Lipinski definition) is 0. The van der Waals surface area contributed by atoms with Crippen molar-refractivity contribution in [3.05, 3.63) is 101 Å². The molecule has 0 spiro atoms. The minimum atomic E-state index is -0.722. The fraction of sp³-hybridized carbons (Fsp3) is 0.250. The van der Waals surface area contributed by atoms with Crippen molar-refractivity contribution in [2.75, 3.05) is 11.9 Å². The van der Waals surface area contributed by atoms with Crippen molar-refractivity contribution in [2.24, 2.45) is 0 Å². The highest BCUT2D eigenvalue weighted by atomic mass is 17.4. The van der Waals surface area contributed by atoms with Crippen molar-refractivity contribution >= 4 is 5.69 Å². The SMILES string of the molecule is Cc1ccc(C2OOC(c3ccc(CN(C)c4ccc(C)cc4)cc3)OO2)cc1. The molecule has 1 fully saturated rings. The topological polar surface area (TPSA) is 40.2 Å². The van der Waals surface area contributed by atoms with E-state index in [2.05, 4.69) is 55.3 Å². The molecular weight excluding hydrogens is 366 g/mol. The van der Waals surface area contributed by atoms with Crippen LogP contribution >= 0.6 is 0 Å². The summed E-state index contributed by atoms with van der Waals surface area (Å²) in [5.74, 6) is 0. The molecule has 0 N–H and O–H groups in total. The lowest BCUT2D eigenvalue weighted by atomic mass is 10.1. The van der Waals surface area contributed by atoms with Crippen LogP contribution in [0.1, 0.15) is 40.4 Å². The van der Waals surface area contributed by atoms with Gasteiger partial charge in [0.05, 0.1) is 0 Å². The molecule has 5 heteroatoms. The first-order valence-electron chi connectivity index (χ1n) is 9.66. The Morgan fingerprint density at radius 1 is 0.621 bits per heavy atom. The summed E-state index contributed by atoms with van der Waals surface area (Å²) >= 11 is 0. The molecule has 1 heterocycles. The highest BCUT2D eigenvalue weighted by Crippen LogP contribution is 2.32. The third kappa shape index (κ3) is 4.83. The molecule has 0 saturated carbocycles. The lowest BCUT2D eigenvalue weighted by Crippen LogP contribution is -2.22. The number of rotatable bonds is 5. The molecule has 0 atom stereocenters. The lowest BCUT2D eigenvalue weighted by Gasteiger charge is -2.27. The van der Waals surface area contributed by atoms with Crippen LogP contribution in [0.15, 0.2) is 72.8 Å². The molecular formula is C24H25NO4. The fourth-order valence-corrected chi connectivity index (χ4v) is 3.12. The zero-order valence-corrected chi connectivity index (χ0v) is 16.9. The monoisotopic (exact) mass is 391 g/mol. The Hall–Kier alpha value is -2.70. The minimum absolute atomic E-state index is 0.700. The predicted octanol–water partition coefficient (Wildman–Crippen LogP) is 5.55. The molecule has 4 rings (SSSR count). The molecule has 5 nitrogen and oxygen atoms in total. The molecule has 0 unspecified atom stereocenters.